The predicted octanol–water partition coefficient (Wildman–Crippen LogP) is 2.92. The van der Waals surface area contributed by atoms with Crippen LogP contribution in [0, 0.1) is 5.82 Å². The van der Waals surface area contributed by atoms with Crippen molar-refractivity contribution in [3.63, 3.8) is 0 Å². The number of nitrogens with zero attached hydrogens (tertiary/aromatic N) is 6. The average Bonchev–Trinajstić information content (AvgIpc) is 3.40. The number of ether oxygens (including phenoxy) is 1. The normalized spacial score (nSPS) is 21.4. The molecule has 3 aliphatic heterocycles. The van der Waals surface area contributed by atoms with Gasteiger partial charge >= 0.3 is 6.03 Å². The second-order valence-electron chi connectivity index (χ2n) is 9.21. The molecule has 35 heavy (non-hydrogen) atoms. The molecule has 4 heterocycles. The van der Waals surface area contributed by atoms with Crippen molar-refractivity contribution >= 4 is 35.0 Å². The van der Waals surface area contributed by atoms with Crippen molar-refractivity contribution in [2.24, 2.45) is 0 Å². The summed E-state index contributed by atoms with van der Waals surface area (Å²) in [5, 5.41) is 11.7. The summed E-state index contributed by atoms with van der Waals surface area (Å²) in [5.41, 5.74) is 0.470. The van der Waals surface area contributed by atoms with Crippen LogP contribution in [0.4, 0.5) is 26.5 Å². The molecule has 3 fully saturated rings. The van der Waals surface area contributed by atoms with Gasteiger partial charge in [-0.3, -0.25) is 4.90 Å². The van der Waals surface area contributed by atoms with Gasteiger partial charge in [-0.15, -0.1) is 10.2 Å². The summed E-state index contributed by atoms with van der Waals surface area (Å²) in [6.07, 6.45) is 2.75. The molecule has 0 spiro atoms. The highest BCUT2D eigenvalue weighted by molar-refractivity contribution is 6.31. The molecular weight excluding hydrogens is 473 g/mol. The molecule has 0 radical (unpaired) electrons. The molecule has 0 bridgehead atoms. The van der Waals surface area contributed by atoms with Crippen LogP contribution in [0.1, 0.15) is 12.8 Å². The number of aromatic nitrogens is 2. The molecule has 5 rings (SSSR count). The van der Waals surface area contributed by atoms with Crippen molar-refractivity contribution in [1.82, 2.24) is 20.0 Å². The summed E-state index contributed by atoms with van der Waals surface area (Å²) >= 11 is 5.80. The number of rotatable bonds is 5. The van der Waals surface area contributed by atoms with E-state index in [2.05, 4.69) is 30.2 Å². The summed E-state index contributed by atoms with van der Waals surface area (Å²) in [6.45, 7) is 8.26. The Morgan fingerprint density at radius 3 is 2.23 bits per heavy atom. The second-order valence-corrected chi connectivity index (χ2v) is 9.61. The van der Waals surface area contributed by atoms with E-state index in [1.807, 2.05) is 12.1 Å². The topological polar surface area (TPSA) is 77.1 Å². The highest BCUT2D eigenvalue weighted by Crippen LogP contribution is 2.21. The van der Waals surface area contributed by atoms with E-state index >= 15 is 0 Å². The molecule has 2 amide bonds. The summed E-state index contributed by atoms with van der Waals surface area (Å²) in [4.78, 5) is 21.2. The number of carbonyl (C=O) groups is 1. The maximum absolute atomic E-state index is 13.3. The van der Waals surface area contributed by atoms with Crippen LogP contribution in [0.25, 0.3) is 0 Å². The SMILES string of the molecule is O=C(Nc1ccc(F)c(Cl)c1)N1CCN(c2ccc(N3CCN(CC4CCCO4)CC3)nn2)CC1. The molecule has 0 saturated carbocycles. The number of carbonyl (C=O) groups excluding carboxylic acids is 1. The van der Waals surface area contributed by atoms with E-state index in [9.17, 15) is 9.18 Å². The Bertz CT molecular complexity index is 1010. The van der Waals surface area contributed by atoms with Crippen molar-refractivity contribution in [3.8, 4) is 0 Å². The highest BCUT2D eigenvalue weighted by Gasteiger charge is 2.25. The third kappa shape index (κ3) is 5.94. The lowest BCUT2D eigenvalue weighted by Gasteiger charge is -2.37. The van der Waals surface area contributed by atoms with Crippen LogP contribution in [0.3, 0.4) is 0 Å². The Morgan fingerprint density at radius 2 is 1.66 bits per heavy atom. The van der Waals surface area contributed by atoms with Gasteiger partial charge in [-0.1, -0.05) is 11.6 Å². The fourth-order valence-corrected chi connectivity index (χ4v) is 4.99. The molecule has 3 aliphatic rings. The van der Waals surface area contributed by atoms with E-state index in [0.29, 0.717) is 38.0 Å². The van der Waals surface area contributed by atoms with Crippen LogP contribution < -0.4 is 15.1 Å². The summed E-state index contributed by atoms with van der Waals surface area (Å²) in [6, 6.07) is 7.96. The Balaban J connectivity index is 1.08. The first-order valence-corrected chi connectivity index (χ1v) is 12.6. The van der Waals surface area contributed by atoms with E-state index in [-0.39, 0.29) is 11.1 Å². The fourth-order valence-electron chi connectivity index (χ4n) is 4.81. The molecule has 3 saturated heterocycles. The maximum atomic E-state index is 13.3. The standard InChI is InChI=1S/C24H31ClFN7O2/c25-20-16-18(3-4-21(20)26)27-24(34)33-13-11-32(12-14-33)23-6-5-22(28-29-23)31-9-7-30(8-10-31)17-19-2-1-15-35-19/h3-6,16,19H,1-2,7-15,17H2,(H,27,34). The third-order valence-corrected chi connectivity index (χ3v) is 7.17. The first-order chi connectivity index (χ1) is 17.0. The monoisotopic (exact) mass is 503 g/mol. The number of urea groups is 1. The Kier molecular flexibility index (Phi) is 7.50. The largest absolute Gasteiger partial charge is 0.377 e. The van der Waals surface area contributed by atoms with Crippen molar-refractivity contribution in [3.05, 3.63) is 41.2 Å². The molecule has 1 aromatic carbocycles. The van der Waals surface area contributed by atoms with Crippen LogP contribution in [0.2, 0.25) is 5.02 Å². The van der Waals surface area contributed by atoms with Crippen LogP contribution in [0.15, 0.2) is 30.3 Å². The quantitative estimate of drug-likeness (QED) is 0.672. The Labute approximate surface area is 209 Å². The Morgan fingerprint density at radius 1 is 1.00 bits per heavy atom. The summed E-state index contributed by atoms with van der Waals surface area (Å²) in [7, 11) is 0. The minimum Gasteiger partial charge on any atom is -0.377 e. The molecule has 2 aromatic rings. The molecule has 1 unspecified atom stereocenters. The highest BCUT2D eigenvalue weighted by atomic mass is 35.5. The molecule has 1 atom stereocenters. The molecule has 9 nitrogen and oxygen atoms in total. The number of anilines is 3. The fraction of sp³-hybridized carbons (Fsp3) is 0.542. The number of nitrogens with one attached hydrogen (secondary N) is 1. The molecule has 1 aromatic heterocycles. The molecule has 0 aliphatic carbocycles. The van der Waals surface area contributed by atoms with Gasteiger partial charge in [0.2, 0.25) is 0 Å². The van der Waals surface area contributed by atoms with Crippen molar-refractivity contribution < 1.29 is 13.9 Å². The number of amides is 2. The first kappa shape index (κ1) is 24.0. The second kappa shape index (κ2) is 10.9. The van der Waals surface area contributed by atoms with E-state index in [0.717, 1.165) is 51.0 Å². The zero-order chi connectivity index (χ0) is 24.2. The lowest BCUT2D eigenvalue weighted by Crippen LogP contribution is -2.50. The number of hydrogen-bond donors (Lipinski definition) is 1. The van der Waals surface area contributed by atoms with E-state index in [1.165, 1.54) is 31.0 Å². The molecular formula is C24H31ClFN7O2. The molecule has 188 valence electrons. The smallest absolute Gasteiger partial charge is 0.321 e. The third-order valence-electron chi connectivity index (χ3n) is 6.88. The number of hydrogen-bond acceptors (Lipinski definition) is 7. The van der Waals surface area contributed by atoms with E-state index in [1.54, 1.807) is 4.90 Å². The lowest BCUT2D eigenvalue weighted by molar-refractivity contribution is 0.0712. The van der Waals surface area contributed by atoms with E-state index < -0.39 is 5.82 Å². The Hall–Kier alpha value is -2.69. The van der Waals surface area contributed by atoms with Crippen molar-refractivity contribution in [2.75, 3.05) is 80.6 Å². The molecule has 11 heteroatoms. The number of benzene rings is 1. The average molecular weight is 504 g/mol. The number of halogens is 2. The van der Waals surface area contributed by atoms with Gasteiger partial charge in [-0.25, -0.2) is 9.18 Å². The summed E-state index contributed by atoms with van der Waals surface area (Å²) < 4.78 is 19.1. The van der Waals surface area contributed by atoms with Gasteiger partial charge in [0.25, 0.3) is 0 Å². The number of piperazine rings is 2. The van der Waals surface area contributed by atoms with Crippen LogP contribution in [-0.4, -0.2) is 97.6 Å². The van der Waals surface area contributed by atoms with Gasteiger partial charge in [-0.05, 0) is 43.2 Å². The van der Waals surface area contributed by atoms with Gasteiger partial charge in [0, 0.05) is 71.2 Å². The first-order valence-electron chi connectivity index (χ1n) is 12.2. The lowest BCUT2D eigenvalue weighted by atomic mass is 10.2. The minimum absolute atomic E-state index is 0.0183. The van der Waals surface area contributed by atoms with Crippen molar-refractivity contribution in [1.29, 1.82) is 0 Å². The van der Waals surface area contributed by atoms with Crippen LogP contribution in [0.5, 0.6) is 0 Å². The molecule has 1 N–H and O–H groups in total. The maximum Gasteiger partial charge on any atom is 0.321 e. The zero-order valence-corrected chi connectivity index (χ0v) is 20.5. The van der Waals surface area contributed by atoms with Gasteiger partial charge in [-0.2, -0.15) is 0 Å². The van der Waals surface area contributed by atoms with Crippen LogP contribution in [-0.2, 0) is 4.74 Å². The van der Waals surface area contributed by atoms with Crippen LogP contribution >= 0.6 is 11.6 Å². The van der Waals surface area contributed by atoms with Gasteiger partial charge in [0.05, 0.1) is 11.1 Å². The van der Waals surface area contributed by atoms with Gasteiger partial charge in [0.15, 0.2) is 11.6 Å². The summed E-state index contributed by atoms with van der Waals surface area (Å²) in [5.74, 6) is 1.21. The zero-order valence-electron chi connectivity index (χ0n) is 19.7. The van der Waals surface area contributed by atoms with Crippen molar-refractivity contribution in [2.45, 2.75) is 18.9 Å². The minimum atomic E-state index is -0.512. The predicted molar refractivity (Wildman–Crippen MR) is 134 cm³/mol. The van der Waals surface area contributed by atoms with Gasteiger partial charge in [0.1, 0.15) is 5.82 Å². The van der Waals surface area contributed by atoms with E-state index in [4.69, 9.17) is 16.3 Å². The van der Waals surface area contributed by atoms with Gasteiger partial charge < -0.3 is 24.8 Å².